The van der Waals surface area contributed by atoms with Crippen LogP contribution in [0.2, 0.25) is 0 Å². The maximum Gasteiger partial charge on any atom is 0.217 e. The lowest BCUT2D eigenvalue weighted by molar-refractivity contribution is 0.240. The van der Waals surface area contributed by atoms with Crippen LogP contribution in [0.4, 0.5) is 0 Å². The van der Waals surface area contributed by atoms with Crippen molar-refractivity contribution in [3.63, 3.8) is 0 Å². The molecule has 6 heteroatoms. The maximum atomic E-state index is 12.6. The van der Waals surface area contributed by atoms with E-state index in [0.29, 0.717) is 12.6 Å². The first-order chi connectivity index (χ1) is 11.1. The van der Waals surface area contributed by atoms with Crippen molar-refractivity contribution in [3.05, 3.63) is 29.8 Å². The zero-order valence-electron chi connectivity index (χ0n) is 13.5. The Morgan fingerprint density at radius 2 is 1.74 bits per heavy atom. The third-order valence-corrected chi connectivity index (χ3v) is 7.88. The van der Waals surface area contributed by atoms with E-state index >= 15 is 0 Å². The van der Waals surface area contributed by atoms with Gasteiger partial charge < -0.3 is 4.74 Å². The molecule has 0 spiro atoms. The molecular weight excluding hydrogens is 312 g/mol. The van der Waals surface area contributed by atoms with Crippen molar-refractivity contribution < 1.29 is 13.2 Å². The number of fused-ring (bicyclic) bond motifs is 1. The number of rotatable bonds is 5. The molecule has 23 heavy (non-hydrogen) atoms. The van der Waals surface area contributed by atoms with Crippen molar-refractivity contribution in [2.75, 3.05) is 20.2 Å². The molecule has 3 aliphatic rings. The standard InChI is InChI=1S/C17H24N2O3S/c1-22-14-4-2-13(3-5-14)12-18-10-8-17-16(18)9-11-19(17)23(20,21)15-6-7-15/h2-5,15-17H,6-12H2,1H3/t16-,17+/m1/s1. The zero-order valence-corrected chi connectivity index (χ0v) is 14.3. The molecule has 2 heterocycles. The van der Waals surface area contributed by atoms with Crippen molar-refractivity contribution in [2.45, 2.75) is 49.6 Å². The summed E-state index contributed by atoms with van der Waals surface area (Å²) in [6.45, 7) is 2.58. The molecular formula is C17H24N2O3S. The maximum absolute atomic E-state index is 12.6. The fourth-order valence-corrected chi connectivity index (χ4v) is 6.17. The van der Waals surface area contributed by atoms with Gasteiger partial charge in [0, 0.05) is 31.7 Å². The van der Waals surface area contributed by atoms with Crippen LogP contribution in [0.25, 0.3) is 0 Å². The van der Waals surface area contributed by atoms with Gasteiger partial charge in [-0.15, -0.1) is 0 Å². The van der Waals surface area contributed by atoms with E-state index in [4.69, 9.17) is 4.74 Å². The predicted octanol–water partition coefficient (Wildman–Crippen LogP) is 1.84. The molecule has 2 atom stereocenters. The van der Waals surface area contributed by atoms with Gasteiger partial charge in [0.15, 0.2) is 0 Å². The highest BCUT2D eigenvalue weighted by Crippen LogP contribution is 2.39. The molecule has 126 valence electrons. The fourth-order valence-electron chi connectivity index (χ4n) is 4.07. The summed E-state index contributed by atoms with van der Waals surface area (Å²) in [6, 6.07) is 8.74. The first kappa shape index (κ1) is 15.4. The first-order valence-electron chi connectivity index (χ1n) is 8.47. The van der Waals surface area contributed by atoms with Crippen LogP contribution in [0.5, 0.6) is 5.75 Å². The number of methoxy groups -OCH3 is 1. The molecule has 1 aliphatic carbocycles. The van der Waals surface area contributed by atoms with Crippen molar-refractivity contribution >= 4 is 10.0 Å². The molecule has 0 radical (unpaired) electrons. The third-order valence-electron chi connectivity index (χ3n) is 5.46. The number of hydrogen-bond acceptors (Lipinski definition) is 4. The average molecular weight is 336 g/mol. The zero-order chi connectivity index (χ0) is 16.0. The molecule has 5 nitrogen and oxygen atoms in total. The Kier molecular flexibility index (Phi) is 3.86. The lowest BCUT2D eigenvalue weighted by Crippen LogP contribution is -2.41. The Balaban J connectivity index is 1.45. The normalized spacial score (nSPS) is 28.9. The van der Waals surface area contributed by atoms with E-state index in [-0.39, 0.29) is 11.3 Å². The second kappa shape index (κ2) is 5.76. The van der Waals surface area contributed by atoms with Gasteiger partial charge in [-0.05, 0) is 43.4 Å². The van der Waals surface area contributed by atoms with Gasteiger partial charge in [0.05, 0.1) is 12.4 Å². The number of likely N-dealkylation sites (tertiary alicyclic amines) is 1. The van der Waals surface area contributed by atoms with Crippen LogP contribution in [0, 0.1) is 0 Å². The number of benzene rings is 1. The van der Waals surface area contributed by atoms with E-state index in [2.05, 4.69) is 17.0 Å². The van der Waals surface area contributed by atoms with Gasteiger partial charge in [-0.25, -0.2) is 8.42 Å². The summed E-state index contributed by atoms with van der Waals surface area (Å²) in [5.41, 5.74) is 1.26. The highest BCUT2D eigenvalue weighted by atomic mass is 32.2. The topological polar surface area (TPSA) is 49.9 Å². The number of nitrogens with zero attached hydrogens (tertiary/aromatic N) is 2. The molecule has 0 unspecified atom stereocenters. The Morgan fingerprint density at radius 3 is 2.39 bits per heavy atom. The van der Waals surface area contributed by atoms with Crippen molar-refractivity contribution in [1.82, 2.24) is 9.21 Å². The van der Waals surface area contributed by atoms with Gasteiger partial charge >= 0.3 is 0 Å². The van der Waals surface area contributed by atoms with Crippen LogP contribution >= 0.6 is 0 Å². The fraction of sp³-hybridized carbons (Fsp3) is 0.647. The molecule has 3 fully saturated rings. The lowest BCUT2D eigenvalue weighted by Gasteiger charge is -2.25. The van der Waals surface area contributed by atoms with Crippen molar-refractivity contribution in [1.29, 1.82) is 0 Å². The predicted molar refractivity (Wildman–Crippen MR) is 88.9 cm³/mol. The highest BCUT2D eigenvalue weighted by molar-refractivity contribution is 7.90. The third kappa shape index (κ3) is 2.77. The highest BCUT2D eigenvalue weighted by Gasteiger charge is 2.50. The summed E-state index contributed by atoms with van der Waals surface area (Å²) in [6.07, 6.45) is 3.64. The van der Waals surface area contributed by atoms with Crippen molar-refractivity contribution in [3.8, 4) is 5.75 Å². The van der Waals surface area contributed by atoms with Crippen LogP contribution in [0.1, 0.15) is 31.2 Å². The van der Waals surface area contributed by atoms with Gasteiger partial charge in [0.25, 0.3) is 0 Å². The second-order valence-corrected chi connectivity index (χ2v) is 9.05. The van der Waals surface area contributed by atoms with E-state index in [1.807, 2.05) is 16.4 Å². The molecule has 0 amide bonds. The smallest absolute Gasteiger partial charge is 0.217 e. The van der Waals surface area contributed by atoms with Crippen LogP contribution in [-0.2, 0) is 16.6 Å². The van der Waals surface area contributed by atoms with Gasteiger partial charge in [-0.1, -0.05) is 12.1 Å². The Labute approximate surface area is 138 Å². The molecule has 0 bridgehead atoms. The minimum Gasteiger partial charge on any atom is -0.497 e. The quantitative estimate of drug-likeness (QED) is 0.823. The van der Waals surface area contributed by atoms with Gasteiger partial charge in [0.1, 0.15) is 5.75 Å². The van der Waals surface area contributed by atoms with Crippen LogP contribution < -0.4 is 4.74 Å². The number of sulfonamides is 1. The summed E-state index contributed by atoms with van der Waals surface area (Å²) < 4.78 is 32.2. The minimum atomic E-state index is -3.03. The summed E-state index contributed by atoms with van der Waals surface area (Å²) in [5.74, 6) is 0.871. The SMILES string of the molecule is COc1ccc(CN2CC[C@H]3[C@H]2CCN3S(=O)(=O)C2CC2)cc1. The first-order valence-corrected chi connectivity index (χ1v) is 9.97. The van der Waals surface area contributed by atoms with Crippen LogP contribution in [0.15, 0.2) is 24.3 Å². The van der Waals surface area contributed by atoms with E-state index in [1.54, 1.807) is 7.11 Å². The molecule has 0 aromatic heterocycles. The van der Waals surface area contributed by atoms with Crippen LogP contribution in [-0.4, -0.2) is 55.2 Å². The molecule has 0 N–H and O–H groups in total. The lowest BCUT2D eigenvalue weighted by atomic mass is 10.1. The number of ether oxygens (including phenoxy) is 1. The van der Waals surface area contributed by atoms with Gasteiger partial charge in [-0.3, -0.25) is 4.90 Å². The Morgan fingerprint density at radius 1 is 1.04 bits per heavy atom. The molecule has 2 aliphatic heterocycles. The average Bonchev–Trinajstić information content (AvgIpc) is 3.22. The van der Waals surface area contributed by atoms with E-state index < -0.39 is 10.0 Å². The Bertz CT molecular complexity index is 670. The van der Waals surface area contributed by atoms with Crippen LogP contribution in [0.3, 0.4) is 0 Å². The van der Waals surface area contributed by atoms with E-state index in [1.165, 1.54) is 5.56 Å². The molecule has 4 rings (SSSR count). The number of hydrogen-bond donors (Lipinski definition) is 0. The van der Waals surface area contributed by atoms with E-state index in [0.717, 1.165) is 44.5 Å². The summed E-state index contributed by atoms with van der Waals surface area (Å²) >= 11 is 0. The Hall–Kier alpha value is -1.11. The second-order valence-electron chi connectivity index (χ2n) is 6.89. The monoisotopic (exact) mass is 336 g/mol. The summed E-state index contributed by atoms with van der Waals surface area (Å²) in [4.78, 5) is 2.45. The molecule has 1 aromatic carbocycles. The molecule has 1 saturated carbocycles. The van der Waals surface area contributed by atoms with Gasteiger partial charge in [0.2, 0.25) is 10.0 Å². The van der Waals surface area contributed by atoms with E-state index in [9.17, 15) is 8.42 Å². The summed E-state index contributed by atoms with van der Waals surface area (Å²) in [5, 5.41) is -0.0862. The minimum absolute atomic E-state index is 0.0862. The molecule has 1 aromatic rings. The largest absolute Gasteiger partial charge is 0.497 e. The van der Waals surface area contributed by atoms with Gasteiger partial charge in [-0.2, -0.15) is 4.31 Å². The summed E-state index contributed by atoms with van der Waals surface area (Å²) in [7, 11) is -1.36. The van der Waals surface area contributed by atoms with Crippen molar-refractivity contribution in [2.24, 2.45) is 0 Å². The molecule has 2 saturated heterocycles.